The zero-order chi connectivity index (χ0) is 16.7. The van der Waals surface area contributed by atoms with Gasteiger partial charge in [0.25, 0.3) is 0 Å². The number of nitrogens with one attached hydrogen (secondary N) is 1. The van der Waals surface area contributed by atoms with E-state index in [0.717, 1.165) is 23.3 Å². The van der Waals surface area contributed by atoms with Crippen molar-refractivity contribution in [2.45, 2.75) is 12.1 Å². The Balaban J connectivity index is 1.81. The van der Waals surface area contributed by atoms with Crippen LogP contribution in [0, 0.1) is 11.6 Å². The highest BCUT2D eigenvalue weighted by Gasteiger charge is 2.40. The van der Waals surface area contributed by atoms with Gasteiger partial charge in [0.05, 0.1) is 18.6 Å². The molecular weight excluding hydrogens is 310 g/mol. The van der Waals surface area contributed by atoms with Crippen molar-refractivity contribution in [1.29, 1.82) is 0 Å². The lowest BCUT2D eigenvalue weighted by Gasteiger charge is -2.35. The van der Waals surface area contributed by atoms with E-state index in [1.165, 1.54) is 6.07 Å². The summed E-state index contributed by atoms with van der Waals surface area (Å²) in [4.78, 5) is 13.9. The molecular formula is C19H16F2N2O. The number of fused-ring (bicyclic) bond motifs is 1. The standard InChI is InChI=1S/C19H16F2N2O/c20-13-6-7-16(21)14(8-13)15-9-17(12-4-2-1-3-5-12)23-11-19(24)22-10-18(15)23/h1-9,17-18H,10-11H2,(H,22,24). The second-order valence-corrected chi connectivity index (χ2v) is 6.09. The van der Waals surface area contributed by atoms with Gasteiger partial charge in [-0.2, -0.15) is 0 Å². The van der Waals surface area contributed by atoms with Crippen molar-refractivity contribution in [3.8, 4) is 0 Å². The number of carbonyl (C=O) groups is 1. The molecule has 24 heavy (non-hydrogen) atoms. The first-order valence-corrected chi connectivity index (χ1v) is 7.88. The molecule has 2 aliphatic heterocycles. The summed E-state index contributed by atoms with van der Waals surface area (Å²) < 4.78 is 27.9. The van der Waals surface area contributed by atoms with Crippen LogP contribution >= 0.6 is 0 Å². The first kappa shape index (κ1) is 15.0. The molecule has 4 rings (SSSR count). The maximum atomic E-state index is 14.3. The van der Waals surface area contributed by atoms with E-state index >= 15 is 0 Å². The molecule has 1 amide bonds. The predicted molar refractivity (Wildman–Crippen MR) is 87.0 cm³/mol. The molecule has 0 bridgehead atoms. The van der Waals surface area contributed by atoms with Crippen molar-refractivity contribution < 1.29 is 13.6 Å². The molecule has 0 aliphatic carbocycles. The Morgan fingerprint density at radius 2 is 1.88 bits per heavy atom. The smallest absolute Gasteiger partial charge is 0.234 e. The molecule has 0 spiro atoms. The molecule has 2 aliphatic rings. The van der Waals surface area contributed by atoms with E-state index in [0.29, 0.717) is 6.54 Å². The second kappa shape index (κ2) is 5.83. The normalized spacial score (nSPS) is 23.6. The van der Waals surface area contributed by atoms with E-state index in [9.17, 15) is 13.6 Å². The summed E-state index contributed by atoms with van der Waals surface area (Å²) in [6.07, 6.45) is 1.94. The summed E-state index contributed by atoms with van der Waals surface area (Å²) in [6, 6.07) is 13.0. The Labute approximate surface area is 138 Å². The first-order valence-electron chi connectivity index (χ1n) is 7.88. The number of hydrogen-bond donors (Lipinski definition) is 1. The minimum absolute atomic E-state index is 0.0541. The zero-order valence-electron chi connectivity index (χ0n) is 12.9. The number of rotatable bonds is 2. The van der Waals surface area contributed by atoms with Crippen LogP contribution in [-0.2, 0) is 4.79 Å². The molecule has 122 valence electrons. The molecule has 1 saturated heterocycles. The quantitative estimate of drug-likeness (QED) is 0.920. The number of hydrogen-bond acceptors (Lipinski definition) is 2. The van der Waals surface area contributed by atoms with E-state index in [-0.39, 0.29) is 30.1 Å². The summed E-state index contributed by atoms with van der Waals surface area (Å²) >= 11 is 0. The van der Waals surface area contributed by atoms with Crippen molar-refractivity contribution in [2.24, 2.45) is 0 Å². The lowest BCUT2D eigenvalue weighted by atomic mass is 9.98. The third kappa shape index (κ3) is 2.51. The number of carbonyl (C=O) groups excluding carboxylic acids is 1. The van der Waals surface area contributed by atoms with Crippen LogP contribution in [0.1, 0.15) is 17.2 Å². The van der Waals surface area contributed by atoms with Gasteiger partial charge in [-0.15, -0.1) is 0 Å². The minimum atomic E-state index is -0.471. The first-order chi connectivity index (χ1) is 11.6. The maximum Gasteiger partial charge on any atom is 0.234 e. The van der Waals surface area contributed by atoms with Crippen LogP contribution in [0.15, 0.2) is 54.6 Å². The maximum absolute atomic E-state index is 14.3. The highest BCUT2D eigenvalue weighted by atomic mass is 19.1. The van der Waals surface area contributed by atoms with Gasteiger partial charge in [-0.25, -0.2) is 8.78 Å². The number of piperazine rings is 1. The highest BCUT2D eigenvalue weighted by molar-refractivity contribution is 5.83. The van der Waals surface area contributed by atoms with E-state index in [1.807, 2.05) is 41.3 Å². The topological polar surface area (TPSA) is 32.3 Å². The summed E-state index contributed by atoms with van der Waals surface area (Å²) in [7, 11) is 0. The number of amides is 1. The molecule has 2 aromatic rings. The Hall–Kier alpha value is -2.53. The SMILES string of the molecule is O=C1CN2C(CN1)C(c1cc(F)ccc1F)=CC2c1ccccc1. The van der Waals surface area contributed by atoms with Crippen molar-refractivity contribution in [2.75, 3.05) is 13.1 Å². The van der Waals surface area contributed by atoms with Gasteiger partial charge in [0.1, 0.15) is 11.6 Å². The summed E-state index contributed by atoms with van der Waals surface area (Å²) in [5, 5.41) is 2.82. The number of halogens is 2. The summed E-state index contributed by atoms with van der Waals surface area (Å²) in [6.45, 7) is 0.630. The van der Waals surface area contributed by atoms with Crippen LogP contribution in [0.3, 0.4) is 0 Å². The molecule has 0 saturated carbocycles. The van der Waals surface area contributed by atoms with Crippen molar-refractivity contribution in [3.63, 3.8) is 0 Å². The highest BCUT2D eigenvalue weighted by Crippen LogP contribution is 2.40. The van der Waals surface area contributed by atoms with Crippen LogP contribution in [0.2, 0.25) is 0 Å². The van der Waals surface area contributed by atoms with Gasteiger partial charge in [0.15, 0.2) is 0 Å². The van der Waals surface area contributed by atoms with E-state index < -0.39 is 11.6 Å². The van der Waals surface area contributed by atoms with Crippen LogP contribution < -0.4 is 5.32 Å². The second-order valence-electron chi connectivity index (χ2n) is 6.09. The number of benzene rings is 2. The minimum Gasteiger partial charge on any atom is -0.353 e. The molecule has 2 unspecified atom stereocenters. The van der Waals surface area contributed by atoms with E-state index in [4.69, 9.17) is 0 Å². The van der Waals surface area contributed by atoms with Gasteiger partial charge in [-0.3, -0.25) is 9.69 Å². The fourth-order valence-electron chi connectivity index (χ4n) is 3.54. The lowest BCUT2D eigenvalue weighted by molar-refractivity contribution is -0.125. The monoisotopic (exact) mass is 326 g/mol. The Bertz CT molecular complexity index is 819. The Morgan fingerprint density at radius 1 is 1.08 bits per heavy atom. The molecule has 3 nitrogen and oxygen atoms in total. The van der Waals surface area contributed by atoms with Crippen LogP contribution in [0.5, 0.6) is 0 Å². The van der Waals surface area contributed by atoms with Gasteiger partial charge in [0.2, 0.25) is 5.91 Å². The van der Waals surface area contributed by atoms with Crippen LogP contribution in [0.4, 0.5) is 8.78 Å². The Kier molecular flexibility index (Phi) is 3.65. The van der Waals surface area contributed by atoms with Gasteiger partial charge in [-0.05, 0) is 29.3 Å². The molecule has 1 N–H and O–H groups in total. The molecule has 1 fully saturated rings. The van der Waals surface area contributed by atoms with Gasteiger partial charge in [0, 0.05) is 12.1 Å². The van der Waals surface area contributed by atoms with Crippen LogP contribution in [0.25, 0.3) is 5.57 Å². The fourth-order valence-corrected chi connectivity index (χ4v) is 3.54. The van der Waals surface area contributed by atoms with E-state index in [2.05, 4.69) is 5.32 Å². The molecule has 0 aromatic heterocycles. The zero-order valence-corrected chi connectivity index (χ0v) is 12.9. The third-order valence-corrected chi connectivity index (χ3v) is 4.65. The van der Waals surface area contributed by atoms with Gasteiger partial charge >= 0.3 is 0 Å². The average molecular weight is 326 g/mol. The van der Waals surface area contributed by atoms with Crippen molar-refractivity contribution in [3.05, 3.63) is 77.4 Å². The number of nitrogens with zero attached hydrogens (tertiary/aromatic N) is 1. The molecule has 2 aromatic carbocycles. The van der Waals surface area contributed by atoms with Crippen LogP contribution in [-0.4, -0.2) is 29.9 Å². The average Bonchev–Trinajstić information content (AvgIpc) is 2.96. The van der Waals surface area contributed by atoms with Gasteiger partial charge in [-0.1, -0.05) is 36.4 Å². The summed E-state index contributed by atoms with van der Waals surface area (Å²) in [5.41, 5.74) is 2.02. The van der Waals surface area contributed by atoms with Crippen molar-refractivity contribution >= 4 is 11.5 Å². The molecule has 5 heteroatoms. The van der Waals surface area contributed by atoms with Crippen molar-refractivity contribution in [1.82, 2.24) is 10.2 Å². The predicted octanol–water partition coefficient (Wildman–Crippen LogP) is 2.90. The third-order valence-electron chi connectivity index (χ3n) is 4.65. The Morgan fingerprint density at radius 3 is 2.67 bits per heavy atom. The summed E-state index contributed by atoms with van der Waals surface area (Å²) in [5.74, 6) is -0.975. The lowest BCUT2D eigenvalue weighted by Crippen LogP contribution is -2.53. The van der Waals surface area contributed by atoms with E-state index in [1.54, 1.807) is 0 Å². The molecule has 0 radical (unpaired) electrons. The molecule has 2 atom stereocenters. The van der Waals surface area contributed by atoms with Gasteiger partial charge < -0.3 is 5.32 Å². The largest absolute Gasteiger partial charge is 0.353 e. The fraction of sp³-hybridized carbons (Fsp3) is 0.211. The molecule has 2 heterocycles.